The molecule has 17 heavy (non-hydrogen) atoms. The highest BCUT2D eigenvalue weighted by Gasteiger charge is 2.10. The van der Waals surface area contributed by atoms with Gasteiger partial charge in [-0.25, -0.2) is 9.97 Å². The van der Waals surface area contributed by atoms with Crippen LogP contribution in [0, 0.1) is 13.8 Å². The van der Waals surface area contributed by atoms with Crippen LogP contribution in [0.25, 0.3) is 0 Å². The Hall–Kier alpha value is -1.46. The van der Waals surface area contributed by atoms with E-state index in [1.807, 2.05) is 13.0 Å². The second kappa shape index (κ2) is 4.81. The molecule has 2 aromatic heterocycles. The molecule has 0 unspecified atom stereocenters. The Morgan fingerprint density at radius 3 is 2.71 bits per heavy atom. The normalized spacial score (nSPS) is 10.3. The summed E-state index contributed by atoms with van der Waals surface area (Å²) in [5.41, 5.74) is 0.711. The summed E-state index contributed by atoms with van der Waals surface area (Å²) in [4.78, 5) is 21.6. The van der Waals surface area contributed by atoms with Crippen LogP contribution < -0.4 is 5.32 Å². The number of aryl methyl sites for hydroxylation is 2. The Balaban J connectivity index is 2.18. The van der Waals surface area contributed by atoms with E-state index < -0.39 is 0 Å². The number of hydrogen-bond acceptors (Lipinski definition) is 4. The topological polar surface area (TPSA) is 54.9 Å². The van der Waals surface area contributed by atoms with Crippen LogP contribution in [0.1, 0.15) is 20.2 Å². The lowest BCUT2D eigenvalue weighted by Crippen LogP contribution is -2.13. The number of nitrogens with zero attached hydrogens (tertiary/aromatic N) is 2. The molecule has 1 amide bonds. The lowest BCUT2D eigenvalue weighted by atomic mass is 10.4. The minimum absolute atomic E-state index is 0.218. The Labute approximate surface area is 108 Å². The van der Waals surface area contributed by atoms with Gasteiger partial charge in [-0.1, -0.05) is 11.6 Å². The third-order valence-electron chi connectivity index (χ3n) is 2.01. The first-order chi connectivity index (χ1) is 8.04. The molecule has 0 atom stereocenters. The summed E-state index contributed by atoms with van der Waals surface area (Å²) in [6.07, 6.45) is 0. The molecule has 0 radical (unpaired) electrons. The predicted molar refractivity (Wildman–Crippen MR) is 68.8 cm³/mol. The molecule has 6 heteroatoms. The number of nitrogens with one attached hydrogen (secondary N) is 1. The molecule has 88 valence electrons. The number of hydrogen-bond donors (Lipinski definition) is 1. The lowest BCUT2D eigenvalue weighted by molar-refractivity contribution is 0.102. The van der Waals surface area contributed by atoms with Gasteiger partial charge >= 0.3 is 0 Å². The van der Waals surface area contributed by atoms with Crippen LogP contribution in [-0.4, -0.2) is 15.9 Å². The Bertz CT molecular complexity index is 547. The lowest BCUT2D eigenvalue weighted by Gasteiger charge is -2.03. The first kappa shape index (κ1) is 12.0. The fourth-order valence-electron chi connectivity index (χ4n) is 1.31. The number of aromatic nitrogens is 2. The number of anilines is 1. The number of thiophene rings is 1. The van der Waals surface area contributed by atoms with Crippen molar-refractivity contribution in [3.63, 3.8) is 0 Å². The van der Waals surface area contributed by atoms with E-state index in [9.17, 15) is 4.79 Å². The van der Waals surface area contributed by atoms with Crippen LogP contribution in [0.15, 0.2) is 18.2 Å². The molecule has 0 saturated heterocycles. The molecule has 0 spiro atoms. The van der Waals surface area contributed by atoms with Crippen molar-refractivity contribution >= 4 is 34.8 Å². The minimum atomic E-state index is -0.218. The van der Waals surface area contributed by atoms with Crippen LogP contribution in [0.2, 0.25) is 5.15 Å². The van der Waals surface area contributed by atoms with Crippen molar-refractivity contribution < 1.29 is 4.79 Å². The molecule has 0 aliphatic rings. The highest BCUT2D eigenvalue weighted by Crippen LogP contribution is 2.17. The summed E-state index contributed by atoms with van der Waals surface area (Å²) in [5, 5.41) is 2.93. The van der Waals surface area contributed by atoms with E-state index >= 15 is 0 Å². The number of amides is 1. The average molecular weight is 268 g/mol. The van der Waals surface area contributed by atoms with Gasteiger partial charge in [-0.05, 0) is 32.0 Å². The van der Waals surface area contributed by atoms with E-state index in [-0.39, 0.29) is 11.9 Å². The molecule has 0 fully saturated rings. The summed E-state index contributed by atoms with van der Waals surface area (Å²) < 4.78 is 0. The maximum Gasteiger partial charge on any atom is 0.268 e. The average Bonchev–Trinajstić information content (AvgIpc) is 2.63. The van der Waals surface area contributed by atoms with Gasteiger partial charge in [-0.3, -0.25) is 10.1 Å². The zero-order chi connectivity index (χ0) is 12.4. The molecule has 0 aliphatic heterocycles. The smallest absolute Gasteiger partial charge is 0.268 e. The van der Waals surface area contributed by atoms with Gasteiger partial charge in [0.1, 0.15) is 5.15 Å². The zero-order valence-corrected chi connectivity index (χ0v) is 10.9. The second-order valence-electron chi connectivity index (χ2n) is 3.52. The summed E-state index contributed by atoms with van der Waals surface area (Å²) >= 11 is 7.21. The number of carbonyl (C=O) groups excluding carboxylic acids is 1. The molecule has 2 heterocycles. The standard InChI is InChI=1S/C11H10ClN3OS/c1-6-5-9(12)14-11(13-6)15-10(16)8-4-3-7(2)17-8/h3-5H,1-2H3,(H,13,14,15,16). The van der Waals surface area contributed by atoms with Crippen molar-refractivity contribution in [1.82, 2.24) is 9.97 Å². The van der Waals surface area contributed by atoms with Crippen molar-refractivity contribution in [3.05, 3.63) is 38.8 Å². The predicted octanol–water partition coefficient (Wildman–Crippen LogP) is 3.06. The van der Waals surface area contributed by atoms with E-state index in [2.05, 4.69) is 15.3 Å². The highest BCUT2D eigenvalue weighted by atomic mass is 35.5. The molecule has 0 bridgehead atoms. The number of halogens is 1. The van der Waals surface area contributed by atoms with Gasteiger partial charge in [-0.2, -0.15) is 0 Å². The summed E-state index contributed by atoms with van der Waals surface area (Å²) in [7, 11) is 0. The van der Waals surface area contributed by atoms with E-state index in [1.54, 1.807) is 19.1 Å². The Kier molecular flexibility index (Phi) is 3.40. The van der Waals surface area contributed by atoms with Gasteiger partial charge < -0.3 is 0 Å². The van der Waals surface area contributed by atoms with Crippen LogP contribution in [0.4, 0.5) is 5.95 Å². The van der Waals surface area contributed by atoms with Crippen molar-refractivity contribution in [2.75, 3.05) is 5.32 Å². The molecule has 1 N–H and O–H groups in total. The van der Waals surface area contributed by atoms with Crippen molar-refractivity contribution in [1.29, 1.82) is 0 Å². The van der Waals surface area contributed by atoms with Gasteiger partial charge in [0, 0.05) is 10.6 Å². The van der Waals surface area contributed by atoms with E-state index in [0.717, 1.165) is 4.88 Å². The van der Waals surface area contributed by atoms with E-state index in [4.69, 9.17) is 11.6 Å². The Morgan fingerprint density at radius 1 is 1.35 bits per heavy atom. The summed E-state index contributed by atoms with van der Waals surface area (Å²) in [6.45, 7) is 3.74. The zero-order valence-electron chi connectivity index (χ0n) is 9.32. The first-order valence-corrected chi connectivity index (χ1v) is 6.13. The largest absolute Gasteiger partial charge is 0.290 e. The van der Waals surface area contributed by atoms with E-state index in [0.29, 0.717) is 15.7 Å². The van der Waals surface area contributed by atoms with Gasteiger partial charge in [0.25, 0.3) is 5.91 Å². The number of carbonyl (C=O) groups is 1. The summed E-state index contributed by atoms with van der Waals surface area (Å²) in [5.74, 6) is 0.0100. The van der Waals surface area contributed by atoms with Gasteiger partial charge in [0.2, 0.25) is 5.95 Å². The van der Waals surface area contributed by atoms with Gasteiger partial charge in [0.15, 0.2) is 0 Å². The van der Waals surface area contributed by atoms with Crippen LogP contribution in [0.5, 0.6) is 0 Å². The van der Waals surface area contributed by atoms with Crippen molar-refractivity contribution in [3.8, 4) is 0 Å². The molecular formula is C11H10ClN3OS. The maximum atomic E-state index is 11.8. The van der Waals surface area contributed by atoms with Gasteiger partial charge in [-0.15, -0.1) is 11.3 Å². The number of rotatable bonds is 2. The molecule has 0 aliphatic carbocycles. The maximum absolute atomic E-state index is 11.8. The van der Waals surface area contributed by atoms with Crippen molar-refractivity contribution in [2.24, 2.45) is 0 Å². The third-order valence-corrected chi connectivity index (χ3v) is 3.21. The first-order valence-electron chi connectivity index (χ1n) is 4.93. The SMILES string of the molecule is Cc1cc(Cl)nc(NC(=O)c2ccc(C)s2)n1. The van der Waals surface area contributed by atoms with Crippen molar-refractivity contribution in [2.45, 2.75) is 13.8 Å². The molecule has 0 aromatic carbocycles. The summed E-state index contributed by atoms with van der Waals surface area (Å²) in [6, 6.07) is 5.29. The third kappa shape index (κ3) is 3.01. The van der Waals surface area contributed by atoms with Gasteiger partial charge in [0.05, 0.1) is 4.88 Å². The molecule has 4 nitrogen and oxygen atoms in total. The fraction of sp³-hybridized carbons (Fsp3) is 0.182. The van der Waals surface area contributed by atoms with Crippen LogP contribution in [0.3, 0.4) is 0 Å². The highest BCUT2D eigenvalue weighted by molar-refractivity contribution is 7.14. The minimum Gasteiger partial charge on any atom is -0.290 e. The quantitative estimate of drug-likeness (QED) is 0.851. The fourth-order valence-corrected chi connectivity index (χ4v) is 2.31. The molecular weight excluding hydrogens is 258 g/mol. The second-order valence-corrected chi connectivity index (χ2v) is 5.20. The monoisotopic (exact) mass is 267 g/mol. The Morgan fingerprint density at radius 2 is 2.12 bits per heavy atom. The molecule has 0 saturated carbocycles. The van der Waals surface area contributed by atoms with Crippen LogP contribution in [-0.2, 0) is 0 Å². The van der Waals surface area contributed by atoms with Crippen LogP contribution >= 0.6 is 22.9 Å². The molecule has 2 aromatic rings. The van der Waals surface area contributed by atoms with E-state index in [1.165, 1.54) is 11.3 Å². The molecule has 2 rings (SSSR count).